The highest BCUT2D eigenvalue weighted by Gasteiger charge is 2.54. The van der Waals surface area contributed by atoms with Gasteiger partial charge in [0.25, 0.3) is 0 Å². The van der Waals surface area contributed by atoms with Crippen LogP contribution in [0, 0.1) is 17.3 Å². The van der Waals surface area contributed by atoms with E-state index in [1.54, 1.807) is 0 Å². The van der Waals surface area contributed by atoms with Gasteiger partial charge in [-0.05, 0) is 68.0 Å². The van der Waals surface area contributed by atoms with Gasteiger partial charge < -0.3 is 9.53 Å². The van der Waals surface area contributed by atoms with Crippen LogP contribution in [0.15, 0.2) is 0 Å². The number of rotatable bonds is 3. The summed E-state index contributed by atoms with van der Waals surface area (Å²) in [6.45, 7) is 16.1. The van der Waals surface area contributed by atoms with E-state index in [1.165, 1.54) is 32.1 Å². The molecule has 0 aromatic heterocycles. The molecule has 2 rings (SSSR count). The van der Waals surface area contributed by atoms with E-state index in [2.05, 4.69) is 40.8 Å². The molecular formula is C18H36O2Si. The van der Waals surface area contributed by atoms with Crippen molar-refractivity contribution >= 4 is 8.32 Å². The molecule has 3 heteroatoms. The summed E-state index contributed by atoms with van der Waals surface area (Å²) in [7, 11) is -1.70. The molecule has 2 nitrogen and oxygen atoms in total. The number of fused-ring (bicyclic) bond motifs is 1. The van der Waals surface area contributed by atoms with Gasteiger partial charge in [-0.25, -0.2) is 0 Å². The van der Waals surface area contributed by atoms with Crippen molar-refractivity contribution in [3.05, 3.63) is 0 Å². The second-order valence-electron chi connectivity index (χ2n) is 9.35. The molecule has 5 atom stereocenters. The Bertz CT molecular complexity index is 372. The Hall–Kier alpha value is 0.137. The second kappa shape index (κ2) is 5.65. The summed E-state index contributed by atoms with van der Waals surface area (Å²) in [5.74, 6) is 1.12. The van der Waals surface area contributed by atoms with Crippen molar-refractivity contribution in [2.45, 2.75) is 97.1 Å². The summed E-state index contributed by atoms with van der Waals surface area (Å²) in [6, 6.07) is 0. The van der Waals surface area contributed by atoms with Crippen molar-refractivity contribution in [3.8, 4) is 0 Å². The van der Waals surface area contributed by atoms with Gasteiger partial charge in [0.05, 0.1) is 6.10 Å². The highest BCUT2D eigenvalue weighted by molar-refractivity contribution is 6.74. The maximum Gasteiger partial charge on any atom is 0.192 e. The van der Waals surface area contributed by atoms with Gasteiger partial charge in [0, 0.05) is 6.10 Å². The standard InChI is InChI=1S/C18H36O2Si/c1-13(19)14-10-11-15-16(9-8-12-18(14,15)5)20-21(6,7)17(2,3)4/h13-16,19H,8-12H2,1-7H3/t13?,14-,15+,16+,18-/m1/s1. The number of aliphatic hydroxyl groups excluding tert-OH is 1. The summed E-state index contributed by atoms with van der Waals surface area (Å²) in [6.07, 6.45) is 6.42. The van der Waals surface area contributed by atoms with Crippen LogP contribution < -0.4 is 0 Å². The van der Waals surface area contributed by atoms with Gasteiger partial charge in [-0.15, -0.1) is 0 Å². The lowest BCUT2D eigenvalue weighted by atomic mass is 9.63. The van der Waals surface area contributed by atoms with Crippen LogP contribution in [0.1, 0.15) is 66.7 Å². The summed E-state index contributed by atoms with van der Waals surface area (Å²) in [5.41, 5.74) is 0.291. The van der Waals surface area contributed by atoms with Crippen LogP contribution in [0.5, 0.6) is 0 Å². The lowest BCUT2D eigenvalue weighted by Gasteiger charge is -2.49. The molecular weight excluding hydrogens is 276 g/mol. The minimum absolute atomic E-state index is 0.174. The van der Waals surface area contributed by atoms with E-state index in [0.717, 1.165) is 0 Å². The smallest absolute Gasteiger partial charge is 0.192 e. The lowest BCUT2D eigenvalue weighted by molar-refractivity contribution is -0.0384. The molecule has 0 amide bonds. The Morgan fingerprint density at radius 3 is 2.33 bits per heavy atom. The first-order chi connectivity index (χ1) is 9.49. The molecule has 2 aliphatic rings. The third-order valence-electron chi connectivity index (χ3n) is 6.97. The van der Waals surface area contributed by atoms with E-state index in [0.29, 0.717) is 23.4 Å². The molecule has 2 aliphatic carbocycles. The zero-order valence-electron chi connectivity index (χ0n) is 15.2. The number of hydrogen-bond donors (Lipinski definition) is 1. The molecule has 2 fully saturated rings. The highest BCUT2D eigenvalue weighted by atomic mass is 28.4. The molecule has 0 heterocycles. The van der Waals surface area contributed by atoms with Crippen LogP contribution in [-0.4, -0.2) is 25.6 Å². The van der Waals surface area contributed by atoms with E-state index < -0.39 is 8.32 Å². The van der Waals surface area contributed by atoms with Crippen LogP contribution in [0.2, 0.25) is 18.1 Å². The fourth-order valence-corrected chi connectivity index (χ4v) is 6.04. The van der Waals surface area contributed by atoms with Crippen LogP contribution in [0.25, 0.3) is 0 Å². The minimum Gasteiger partial charge on any atom is -0.414 e. The molecule has 21 heavy (non-hydrogen) atoms. The molecule has 0 spiro atoms. The molecule has 2 saturated carbocycles. The fraction of sp³-hybridized carbons (Fsp3) is 1.00. The lowest BCUT2D eigenvalue weighted by Crippen LogP contribution is -2.50. The Labute approximate surface area is 132 Å². The second-order valence-corrected chi connectivity index (χ2v) is 14.1. The molecule has 124 valence electrons. The zero-order chi connectivity index (χ0) is 16.1. The molecule has 1 N–H and O–H groups in total. The Balaban J connectivity index is 2.17. The summed E-state index contributed by atoms with van der Waals surface area (Å²) >= 11 is 0. The maximum atomic E-state index is 10.2. The Morgan fingerprint density at radius 1 is 1.19 bits per heavy atom. The predicted molar refractivity (Wildman–Crippen MR) is 91.9 cm³/mol. The third-order valence-corrected chi connectivity index (χ3v) is 11.5. The average molecular weight is 313 g/mol. The quantitative estimate of drug-likeness (QED) is 0.745. The number of aliphatic hydroxyl groups is 1. The van der Waals surface area contributed by atoms with Crippen molar-refractivity contribution < 1.29 is 9.53 Å². The maximum absolute atomic E-state index is 10.2. The van der Waals surface area contributed by atoms with Crippen molar-refractivity contribution in [1.29, 1.82) is 0 Å². The van der Waals surface area contributed by atoms with Crippen LogP contribution >= 0.6 is 0 Å². The van der Waals surface area contributed by atoms with Crippen LogP contribution in [-0.2, 0) is 4.43 Å². The van der Waals surface area contributed by atoms with E-state index in [-0.39, 0.29) is 11.1 Å². The zero-order valence-corrected chi connectivity index (χ0v) is 16.2. The normalized spacial score (nSPS) is 39.1. The summed E-state index contributed by atoms with van der Waals surface area (Å²) in [5, 5.41) is 10.5. The first-order valence-corrected chi connectivity index (χ1v) is 11.8. The van der Waals surface area contributed by atoms with E-state index in [1.807, 2.05) is 6.92 Å². The van der Waals surface area contributed by atoms with E-state index >= 15 is 0 Å². The van der Waals surface area contributed by atoms with Gasteiger partial charge in [0.1, 0.15) is 0 Å². The molecule has 0 saturated heterocycles. The molecule has 0 bridgehead atoms. The van der Waals surface area contributed by atoms with Crippen molar-refractivity contribution in [3.63, 3.8) is 0 Å². The summed E-state index contributed by atoms with van der Waals surface area (Å²) in [4.78, 5) is 0. The van der Waals surface area contributed by atoms with E-state index in [4.69, 9.17) is 4.43 Å². The van der Waals surface area contributed by atoms with Crippen LogP contribution in [0.4, 0.5) is 0 Å². The largest absolute Gasteiger partial charge is 0.414 e. The van der Waals surface area contributed by atoms with Gasteiger partial charge in [0.2, 0.25) is 0 Å². The predicted octanol–water partition coefficient (Wildman–Crippen LogP) is 4.97. The fourth-order valence-electron chi connectivity index (χ4n) is 4.65. The van der Waals surface area contributed by atoms with Gasteiger partial charge >= 0.3 is 0 Å². The topological polar surface area (TPSA) is 29.5 Å². The van der Waals surface area contributed by atoms with Gasteiger partial charge in [-0.2, -0.15) is 0 Å². The van der Waals surface area contributed by atoms with Crippen LogP contribution in [0.3, 0.4) is 0 Å². The SMILES string of the molecule is CC(O)[C@H]1CC[C@H]2[C@@H](O[Si](C)(C)C(C)(C)C)CCC[C@]12C. The van der Waals surface area contributed by atoms with Crippen molar-refractivity contribution in [2.24, 2.45) is 17.3 Å². The highest BCUT2D eigenvalue weighted by Crippen LogP contribution is 2.58. The molecule has 0 aromatic rings. The van der Waals surface area contributed by atoms with Gasteiger partial charge in [-0.3, -0.25) is 0 Å². The molecule has 1 unspecified atom stereocenters. The summed E-state index contributed by atoms with van der Waals surface area (Å²) < 4.78 is 6.81. The first-order valence-electron chi connectivity index (χ1n) is 8.85. The van der Waals surface area contributed by atoms with Crippen molar-refractivity contribution in [2.75, 3.05) is 0 Å². The Kier molecular flexibility index (Phi) is 4.70. The average Bonchev–Trinajstić information content (AvgIpc) is 2.65. The molecule has 0 aromatic carbocycles. The Morgan fingerprint density at radius 2 is 1.81 bits per heavy atom. The van der Waals surface area contributed by atoms with Crippen molar-refractivity contribution in [1.82, 2.24) is 0 Å². The third kappa shape index (κ3) is 3.11. The van der Waals surface area contributed by atoms with Gasteiger partial charge in [0.15, 0.2) is 8.32 Å². The first kappa shape index (κ1) is 17.5. The monoisotopic (exact) mass is 312 g/mol. The molecule has 0 aliphatic heterocycles. The van der Waals surface area contributed by atoms with Gasteiger partial charge in [-0.1, -0.05) is 34.1 Å². The minimum atomic E-state index is -1.70. The van der Waals surface area contributed by atoms with E-state index in [9.17, 15) is 5.11 Å². The number of hydrogen-bond acceptors (Lipinski definition) is 2. The molecule has 0 radical (unpaired) electrons.